The summed E-state index contributed by atoms with van der Waals surface area (Å²) in [5, 5.41) is 71.7. The lowest BCUT2D eigenvalue weighted by atomic mass is 9.81. The van der Waals surface area contributed by atoms with Crippen molar-refractivity contribution in [1.29, 1.82) is 0 Å². The van der Waals surface area contributed by atoms with Crippen LogP contribution in [0.5, 0.6) is 5.75 Å². The van der Waals surface area contributed by atoms with Gasteiger partial charge in [-0.3, -0.25) is 0 Å². The molecule has 4 rings (SSSR count). The van der Waals surface area contributed by atoms with Crippen molar-refractivity contribution in [2.75, 3.05) is 23.7 Å². The molecule has 1 aromatic heterocycles. The molecular formula is C28H36ClN5O9S. The third-order valence-electron chi connectivity index (χ3n) is 6.85. The Morgan fingerprint density at radius 3 is 2.20 bits per heavy atom. The van der Waals surface area contributed by atoms with Gasteiger partial charge in [-0.1, -0.05) is 23.7 Å². The van der Waals surface area contributed by atoms with Crippen LogP contribution in [0, 0.1) is 0 Å². The molecule has 0 bridgehead atoms. The summed E-state index contributed by atoms with van der Waals surface area (Å²) in [6.07, 6.45) is 1.58. The van der Waals surface area contributed by atoms with E-state index in [1.54, 1.807) is 6.07 Å². The summed E-state index contributed by atoms with van der Waals surface area (Å²) in [4.78, 5) is 6.15. The molecule has 0 radical (unpaired) electrons. The first-order valence-corrected chi connectivity index (χ1v) is 15.4. The fourth-order valence-corrected chi connectivity index (χ4v) is 5.98. The number of nitrogens with zero attached hydrogens (tertiary/aromatic N) is 2. The number of piperidine rings is 1. The monoisotopic (exact) mass is 653 g/mol. The predicted octanol–water partition coefficient (Wildman–Crippen LogP) is 1.88. The maximum absolute atomic E-state index is 13.0. The van der Waals surface area contributed by atoms with Crippen LogP contribution < -0.4 is 20.7 Å². The van der Waals surface area contributed by atoms with Gasteiger partial charge < -0.3 is 51.3 Å². The molecule has 1 aliphatic heterocycles. The Hall–Kier alpha value is -3.12. The third kappa shape index (κ3) is 7.39. The Morgan fingerprint density at radius 1 is 0.977 bits per heavy atom. The number of aliphatic hydroxyl groups is 6. The quantitative estimate of drug-likeness (QED) is 0.142. The van der Waals surface area contributed by atoms with Crippen LogP contribution in [-0.4, -0.2) is 72.8 Å². The van der Waals surface area contributed by atoms with Crippen LogP contribution in [0.15, 0.2) is 47.5 Å². The first-order chi connectivity index (χ1) is 20.2. The van der Waals surface area contributed by atoms with E-state index in [-0.39, 0.29) is 57.2 Å². The number of aromatic nitrogens is 2. The van der Waals surface area contributed by atoms with E-state index in [9.17, 15) is 39.1 Å². The molecule has 9 N–H and O–H groups in total. The van der Waals surface area contributed by atoms with Crippen LogP contribution in [0.3, 0.4) is 0 Å². The second kappa shape index (κ2) is 12.0. The number of hydrogen-bond donors (Lipinski definition) is 9. The van der Waals surface area contributed by atoms with Gasteiger partial charge in [0.15, 0.2) is 10.8 Å². The smallest absolute Gasteiger partial charge is 0.304 e. The fourth-order valence-electron chi connectivity index (χ4n) is 4.64. The van der Waals surface area contributed by atoms with Gasteiger partial charge >= 0.3 is 5.97 Å². The summed E-state index contributed by atoms with van der Waals surface area (Å²) in [5.41, 5.74) is -2.02. The van der Waals surface area contributed by atoms with Gasteiger partial charge in [-0.05, 0) is 69.6 Å². The minimum Gasteiger partial charge on any atom is -0.461 e. The summed E-state index contributed by atoms with van der Waals surface area (Å²) >= 11 is 6.33. The number of hydrogen-bond acceptors (Lipinski definition) is 14. The van der Waals surface area contributed by atoms with Gasteiger partial charge in [0.2, 0.25) is 21.6 Å². The summed E-state index contributed by atoms with van der Waals surface area (Å²) < 4.78 is 31.7. The zero-order chi connectivity index (χ0) is 32.7. The van der Waals surface area contributed by atoms with Crippen molar-refractivity contribution in [3.05, 3.63) is 58.7 Å². The average molecular weight is 654 g/mol. The zero-order valence-corrected chi connectivity index (χ0v) is 26.0. The Kier molecular flexibility index (Phi) is 9.21. The van der Waals surface area contributed by atoms with Gasteiger partial charge in [-0.15, -0.1) is 0 Å². The summed E-state index contributed by atoms with van der Waals surface area (Å²) in [5.74, 6) is -5.33. The highest BCUT2D eigenvalue weighted by molar-refractivity contribution is 7.92. The molecule has 2 aromatic carbocycles. The lowest BCUT2D eigenvalue weighted by Crippen LogP contribution is -2.42. The van der Waals surface area contributed by atoms with E-state index in [4.69, 9.17) is 16.3 Å². The SMILES string of the molecule is CC(C)(O)Oc1cc(C2(O)CCNCC2)c(C(O)(O)O)cc1Nc1ncc(Cl)c(Nc2ccccc2S(=O)(=O)C(C)(C)O)n1. The standard InChI is InChI=1S/C28H36ClN5O9S/c1-25(2,35)43-21-14-16(27(37)9-11-30-12-10-27)17(28(38,39)40)13-20(21)33-24-31-15-18(29)23(34-24)32-19-7-5-6-8-22(19)44(41,42)26(3,4)36/h5-8,13-15,30,35-40H,9-12H2,1-4H3,(H2,31,32,33,34). The first kappa shape index (κ1) is 33.8. The Labute approximate surface area is 259 Å². The van der Waals surface area contributed by atoms with Crippen LogP contribution in [0.1, 0.15) is 51.7 Å². The molecule has 0 unspecified atom stereocenters. The molecule has 240 valence electrons. The second-order valence-corrected chi connectivity index (χ2v) is 14.3. The molecular weight excluding hydrogens is 618 g/mol. The molecule has 44 heavy (non-hydrogen) atoms. The maximum Gasteiger partial charge on any atom is 0.304 e. The van der Waals surface area contributed by atoms with Gasteiger partial charge in [-0.2, -0.15) is 4.98 Å². The molecule has 3 aromatic rings. The Balaban J connectivity index is 1.79. The Morgan fingerprint density at radius 2 is 1.61 bits per heavy atom. The molecule has 16 heteroatoms. The van der Waals surface area contributed by atoms with E-state index in [2.05, 4.69) is 25.9 Å². The minimum atomic E-state index is -4.20. The average Bonchev–Trinajstić information content (AvgIpc) is 2.90. The predicted molar refractivity (Wildman–Crippen MR) is 161 cm³/mol. The second-order valence-electron chi connectivity index (χ2n) is 11.4. The number of sulfone groups is 1. The van der Waals surface area contributed by atoms with Gasteiger partial charge in [0.25, 0.3) is 0 Å². The molecule has 1 aliphatic rings. The van der Waals surface area contributed by atoms with Crippen molar-refractivity contribution >= 4 is 44.6 Å². The molecule has 1 saturated heterocycles. The van der Waals surface area contributed by atoms with Crippen molar-refractivity contribution in [2.24, 2.45) is 0 Å². The number of ether oxygens (including phenoxy) is 1. The highest BCUT2D eigenvalue weighted by Crippen LogP contribution is 2.43. The van der Waals surface area contributed by atoms with Crippen LogP contribution in [0.2, 0.25) is 5.02 Å². The van der Waals surface area contributed by atoms with E-state index in [1.165, 1.54) is 44.3 Å². The van der Waals surface area contributed by atoms with E-state index < -0.39 is 37.7 Å². The number of benzene rings is 2. The van der Waals surface area contributed by atoms with Gasteiger partial charge in [0.1, 0.15) is 10.8 Å². The molecule has 2 heterocycles. The van der Waals surface area contributed by atoms with E-state index in [0.29, 0.717) is 13.1 Å². The van der Waals surface area contributed by atoms with Crippen LogP contribution >= 0.6 is 11.6 Å². The lowest BCUT2D eigenvalue weighted by Gasteiger charge is -2.36. The van der Waals surface area contributed by atoms with Crippen LogP contribution in [-0.2, 0) is 21.4 Å². The van der Waals surface area contributed by atoms with Crippen molar-refractivity contribution in [3.63, 3.8) is 0 Å². The normalized spacial score (nSPS) is 16.0. The number of halogens is 1. The molecule has 0 amide bonds. The number of para-hydroxylation sites is 1. The Bertz CT molecular complexity index is 1630. The summed E-state index contributed by atoms with van der Waals surface area (Å²) in [6, 6.07) is 8.24. The van der Waals surface area contributed by atoms with Crippen LogP contribution in [0.25, 0.3) is 0 Å². The highest BCUT2D eigenvalue weighted by atomic mass is 35.5. The molecule has 0 saturated carbocycles. The first-order valence-electron chi connectivity index (χ1n) is 13.5. The highest BCUT2D eigenvalue weighted by Gasteiger charge is 2.40. The van der Waals surface area contributed by atoms with Crippen molar-refractivity contribution in [2.45, 2.75) is 67.7 Å². The van der Waals surface area contributed by atoms with Gasteiger partial charge in [0, 0.05) is 19.4 Å². The zero-order valence-electron chi connectivity index (χ0n) is 24.5. The molecule has 0 atom stereocenters. The van der Waals surface area contributed by atoms with E-state index >= 15 is 0 Å². The topological polar surface area (TPSA) is 227 Å². The number of rotatable bonds is 10. The van der Waals surface area contributed by atoms with Crippen molar-refractivity contribution < 1.29 is 43.8 Å². The fraction of sp³-hybridized carbons (Fsp3) is 0.429. The van der Waals surface area contributed by atoms with Gasteiger partial charge in [-0.25, -0.2) is 13.4 Å². The van der Waals surface area contributed by atoms with Crippen molar-refractivity contribution in [3.8, 4) is 5.75 Å². The van der Waals surface area contributed by atoms with E-state index in [0.717, 1.165) is 19.9 Å². The lowest BCUT2D eigenvalue weighted by molar-refractivity contribution is -0.325. The minimum absolute atomic E-state index is 0.00299. The van der Waals surface area contributed by atoms with Crippen molar-refractivity contribution in [1.82, 2.24) is 15.3 Å². The van der Waals surface area contributed by atoms with Gasteiger partial charge in [0.05, 0.1) is 28.1 Å². The molecule has 14 nitrogen and oxygen atoms in total. The number of anilines is 4. The third-order valence-corrected chi connectivity index (χ3v) is 9.38. The number of nitrogens with one attached hydrogen (secondary N) is 3. The molecule has 1 fully saturated rings. The molecule has 0 spiro atoms. The molecule has 0 aliphatic carbocycles. The van der Waals surface area contributed by atoms with E-state index in [1.807, 2.05) is 0 Å². The van der Waals surface area contributed by atoms with Crippen LogP contribution in [0.4, 0.5) is 23.1 Å². The largest absolute Gasteiger partial charge is 0.461 e. The summed E-state index contributed by atoms with van der Waals surface area (Å²) in [7, 11) is -4.20. The summed E-state index contributed by atoms with van der Waals surface area (Å²) in [6.45, 7) is 5.85. The maximum atomic E-state index is 13.0.